The number of halogens is 1. The highest BCUT2D eigenvalue weighted by molar-refractivity contribution is 6.38. The number of hydrogen-bond donors (Lipinski definition) is 3. The number of Topliss-reactive ketones (excluding diaryl/α,β-unsaturated/α-hetero) is 1. The summed E-state index contributed by atoms with van der Waals surface area (Å²) in [5.74, 6) is -7.03. The van der Waals surface area contributed by atoms with Crippen molar-refractivity contribution in [3.8, 4) is 23.0 Å². The zero-order chi connectivity index (χ0) is 56.3. The molecule has 0 aromatic heterocycles. The van der Waals surface area contributed by atoms with Crippen LogP contribution in [0.2, 0.25) is 0 Å². The van der Waals surface area contributed by atoms with Gasteiger partial charge in [-0.2, -0.15) is 0 Å². The highest BCUT2D eigenvalue weighted by Crippen LogP contribution is 2.33. The molecule has 22 heteroatoms. The monoisotopic (exact) mass is 1060 g/mol. The lowest BCUT2D eigenvalue weighted by Crippen LogP contribution is -2.53. The van der Waals surface area contributed by atoms with Gasteiger partial charge in [0.1, 0.15) is 30.5 Å². The third-order valence-corrected chi connectivity index (χ3v) is 12.8. The lowest BCUT2D eigenvalue weighted by atomic mass is 9.87. The van der Waals surface area contributed by atoms with Gasteiger partial charge in [-0.05, 0) is 106 Å². The van der Waals surface area contributed by atoms with Gasteiger partial charge in [0.05, 0.1) is 39.3 Å². The number of carbonyl (C=O) groups is 9. The molecule has 412 valence electrons. The van der Waals surface area contributed by atoms with E-state index in [0.717, 1.165) is 32.4 Å². The van der Waals surface area contributed by atoms with E-state index in [0.29, 0.717) is 36.4 Å². The van der Waals surface area contributed by atoms with Crippen LogP contribution in [0, 0.1) is 11.2 Å². The van der Waals surface area contributed by atoms with Crippen molar-refractivity contribution in [2.75, 3.05) is 81.3 Å². The first-order valence-corrected chi connectivity index (χ1v) is 24.6. The summed E-state index contributed by atoms with van der Waals surface area (Å²) in [5, 5.41) is 14.8. The summed E-state index contributed by atoms with van der Waals surface area (Å²) in [6, 6.07) is 12.3. The lowest BCUT2D eigenvalue weighted by Gasteiger charge is -2.36. The standard InChI is InChI=1S/C54H69FN6O15/c1-10-49(67)75-33-54(3,4)50(68)52(70)61-25-13-12-14-39(61)53(71)76-41(23-17-35-18-24-42(72-8)44(27-35)73-9)36-19-22-38(55)43(28-36)74-32-48(66)60(7)40(26-34-15-20-37(62)21-16-34)51(69)57-30-47(65)59(6)31-45(63)56-29-46(64)58(5)11-2/h10,15-16,18-22,24,27-28,39-41,62H,1,11-14,17,23,25-26,29-33H2,2-9H3,(H,56,63)(H,57,69)/t39-,40-,41+/m0/s1. The van der Waals surface area contributed by atoms with Crippen molar-refractivity contribution in [3.05, 3.63) is 95.8 Å². The highest BCUT2D eigenvalue weighted by atomic mass is 19.1. The number of nitrogens with zero attached hydrogens (tertiary/aromatic N) is 4. The number of hydrogen-bond acceptors (Lipinski definition) is 15. The zero-order valence-corrected chi connectivity index (χ0v) is 44.3. The van der Waals surface area contributed by atoms with Crippen LogP contribution in [0.4, 0.5) is 4.39 Å². The molecule has 1 saturated heterocycles. The summed E-state index contributed by atoms with van der Waals surface area (Å²) in [4.78, 5) is 123. The molecule has 3 aromatic rings. The van der Waals surface area contributed by atoms with Gasteiger partial charge in [-0.1, -0.05) is 30.8 Å². The minimum Gasteiger partial charge on any atom is -0.508 e. The van der Waals surface area contributed by atoms with Crippen molar-refractivity contribution < 1.29 is 76.3 Å². The number of benzene rings is 3. The number of phenols is 1. The number of likely N-dealkylation sites (N-methyl/N-ethyl adjacent to an activating group) is 3. The van der Waals surface area contributed by atoms with Crippen LogP contribution in [-0.4, -0.2) is 171 Å². The number of nitrogens with one attached hydrogen (secondary N) is 2. The van der Waals surface area contributed by atoms with Crippen LogP contribution in [0.25, 0.3) is 0 Å². The molecular formula is C54H69FN6O15. The predicted molar refractivity (Wildman–Crippen MR) is 273 cm³/mol. The fraction of sp³-hybridized carbons (Fsp3) is 0.463. The van der Waals surface area contributed by atoms with Crippen LogP contribution in [0.15, 0.2) is 73.3 Å². The summed E-state index contributed by atoms with van der Waals surface area (Å²) >= 11 is 0. The second-order valence-corrected chi connectivity index (χ2v) is 18.7. The Hall–Kier alpha value is -8.04. The van der Waals surface area contributed by atoms with E-state index in [1.165, 1.54) is 83.5 Å². The van der Waals surface area contributed by atoms with E-state index in [9.17, 15) is 48.3 Å². The van der Waals surface area contributed by atoms with E-state index in [1.54, 1.807) is 32.2 Å². The Morgan fingerprint density at radius 1 is 0.842 bits per heavy atom. The second kappa shape index (κ2) is 28.6. The average Bonchev–Trinajstić information content (AvgIpc) is 3.42. The van der Waals surface area contributed by atoms with Crippen molar-refractivity contribution in [2.24, 2.45) is 5.41 Å². The maximum absolute atomic E-state index is 15.7. The number of carbonyl (C=O) groups excluding carboxylic acids is 9. The first-order chi connectivity index (χ1) is 36.0. The molecular weight excluding hydrogens is 992 g/mol. The molecule has 0 spiro atoms. The van der Waals surface area contributed by atoms with Crippen LogP contribution in [0.5, 0.6) is 23.0 Å². The van der Waals surface area contributed by atoms with Gasteiger partial charge in [-0.15, -0.1) is 0 Å². The van der Waals surface area contributed by atoms with Gasteiger partial charge < -0.3 is 59.0 Å². The van der Waals surface area contributed by atoms with E-state index in [4.69, 9.17) is 23.7 Å². The normalized spacial score (nSPS) is 13.9. The molecule has 3 aromatic carbocycles. The molecule has 3 atom stereocenters. The van der Waals surface area contributed by atoms with Crippen molar-refractivity contribution in [1.82, 2.24) is 30.2 Å². The number of ether oxygens (including phenoxy) is 5. The SMILES string of the molecule is C=CC(=O)OCC(C)(C)C(=O)C(=O)N1CCCC[C@H]1C(=O)O[C@H](CCc1ccc(OC)c(OC)c1)c1ccc(F)c(OCC(=O)N(C)[C@@H](Cc2ccc(O)cc2)C(=O)NCC(=O)N(C)CC(=O)NCC(=O)N(C)CC)c1. The second-order valence-electron chi connectivity index (χ2n) is 18.7. The third kappa shape index (κ3) is 17.3. The van der Waals surface area contributed by atoms with Crippen LogP contribution < -0.4 is 24.8 Å². The van der Waals surface area contributed by atoms with Crippen LogP contribution in [0.1, 0.15) is 69.2 Å². The van der Waals surface area contributed by atoms with Crippen LogP contribution >= 0.6 is 0 Å². The number of ketones is 1. The maximum Gasteiger partial charge on any atom is 0.330 e. The quantitative estimate of drug-likeness (QED) is 0.0563. The number of phenolic OH excluding ortho intramolecular Hbond substituents is 1. The number of methoxy groups -OCH3 is 2. The number of esters is 2. The molecule has 21 nitrogen and oxygen atoms in total. The fourth-order valence-corrected chi connectivity index (χ4v) is 7.83. The minimum absolute atomic E-state index is 0.0478. The molecule has 1 aliphatic heterocycles. The molecule has 0 radical (unpaired) electrons. The number of aryl methyl sites for hydroxylation is 1. The van der Waals surface area contributed by atoms with Gasteiger partial charge in [-0.3, -0.25) is 33.6 Å². The van der Waals surface area contributed by atoms with Crippen molar-refractivity contribution in [1.29, 1.82) is 0 Å². The third-order valence-electron chi connectivity index (χ3n) is 12.8. The Labute approximate surface area is 441 Å². The molecule has 1 heterocycles. The number of amides is 6. The van der Waals surface area contributed by atoms with Crippen LogP contribution in [-0.2, 0) is 65.5 Å². The molecule has 3 N–H and O–H groups in total. The van der Waals surface area contributed by atoms with E-state index in [2.05, 4.69) is 17.2 Å². The fourth-order valence-electron chi connectivity index (χ4n) is 7.83. The largest absolute Gasteiger partial charge is 0.508 e. The molecule has 0 bridgehead atoms. The summed E-state index contributed by atoms with van der Waals surface area (Å²) in [6.07, 6.45) is 1.29. The molecule has 1 aliphatic rings. The van der Waals surface area contributed by atoms with Crippen molar-refractivity contribution in [3.63, 3.8) is 0 Å². The molecule has 1 fully saturated rings. The molecule has 4 rings (SSSR count). The van der Waals surface area contributed by atoms with Crippen molar-refractivity contribution in [2.45, 2.75) is 77.5 Å². The zero-order valence-electron chi connectivity index (χ0n) is 44.3. The van der Waals surface area contributed by atoms with E-state index in [1.807, 2.05) is 0 Å². The Bertz CT molecular complexity index is 2590. The smallest absolute Gasteiger partial charge is 0.330 e. The van der Waals surface area contributed by atoms with Gasteiger partial charge in [0.15, 0.2) is 29.7 Å². The van der Waals surface area contributed by atoms with E-state index >= 15 is 4.39 Å². The topological polar surface area (TPSA) is 257 Å². The number of aromatic hydroxyl groups is 1. The Balaban J connectivity index is 1.55. The van der Waals surface area contributed by atoms with E-state index < -0.39 is 109 Å². The number of likely N-dealkylation sites (tertiary alicyclic amines) is 1. The van der Waals surface area contributed by atoms with E-state index in [-0.39, 0.29) is 56.0 Å². The molecule has 0 saturated carbocycles. The summed E-state index contributed by atoms with van der Waals surface area (Å²) < 4.78 is 43.5. The molecule has 0 unspecified atom stereocenters. The van der Waals surface area contributed by atoms with Gasteiger partial charge in [0.2, 0.25) is 29.4 Å². The molecule has 76 heavy (non-hydrogen) atoms. The summed E-state index contributed by atoms with van der Waals surface area (Å²) in [7, 11) is 7.19. The first kappa shape index (κ1) is 60.5. The highest BCUT2D eigenvalue weighted by Gasteiger charge is 2.42. The first-order valence-electron chi connectivity index (χ1n) is 24.6. The minimum atomic E-state index is -1.44. The summed E-state index contributed by atoms with van der Waals surface area (Å²) in [6.45, 7) is 6.04. The Kier molecular flexibility index (Phi) is 22.8. The van der Waals surface area contributed by atoms with Gasteiger partial charge in [0, 0.05) is 46.7 Å². The van der Waals surface area contributed by atoms with Crippen LogP contribution in [0.3, 0.4) is 0 Å². The number of piperidine rings is 1. The summed E-state index contributed by atoms with van der Waals surface area (Å²) in [5.41, 5.74) is 0.0770. The molecule has 0 aliphatic carbocycles. The molecule has 6 amide bonds. The van der Waals surface area contributed by atoms with Gasteiger partial charge in [-0.25, -0.2) is 14.0 Å². The Morgan fingerprint density at radius 3 is 2.16 bits per heavy atom. The van der Waals surface area contributed by atoms with Crippen molar-refractivity contribution >= 4 is 53.2 Å². The maximum atomic E-state index is 15.7. The van der Waals surface area contributed by atoms with Gasteiger partial charge in [0.25, 0.3) is 11.8 Å². The van der Waals surface area contributed by atoms with Gasteiger partial charge >= 0.3 is 11.9 Å². The average molecular weight is 1060 g/mol. The number of rotatable bonds is 27. The predicted octanol–water partition coefficient (Wildman–Crippen LogP) is 3.09. The Morgan fingerprint density at radius 2 is 1.50 bits per heavy atom. The lowest BCUT2D eigenvalue weighted by molar-refractivity contribution is -0.165.